The summed E-state index contributed by atoms with van der Waals surface area (Å²) in [7, 11) is 0. The van der Waals surface area contributed by atoms with Gasteiger partial charge in [-0.2, -0.15) is 0 Å². The molecule has 0 aromatic carbocycles. The fraction of sp³-hybridized carbons (Fsp3) is 0.400. The molecule has 0 saturated heterocycles. The van der Waals surface area contributed by atoms with Gasteiger partial charge >= 0.3 is 0 Å². The molecule has 0 atom stereocenters. The zero-order valence-corrected chi connectivity index (χ0v) is 9.71. The highest BCUT2D eigenvalue weighted by Crippen LogP contribution is 2.16. The van der Waals surface area contributed by atoms with E-state index in [2.05, 4.69) is 20.9 Å². The van der Waals surface area contributed by atoms with Gasteiger partial charge in [-0.3, -0.25) is 9.78 Å². The van der Waals surface area contributed by atoms with Crippen LogP contribution >= 0.6 is 15.9 Å². The Balaban J connectivity index is 2.80. The van der Waals surface area contributed by atoms with E-state index in [0.717, 1.165) is 4.47 Å². The number of aromatic nitrogens is 1. The van der Waals surface area contributed by atoms with Crippen molar-refractivity contribution in [3.8, 4) is 0 Å². The van der Waals surface area contributed by atoms with E-state index in [1.165, 1.54) is 13.8 Å². The predicted octanol–water partition coefficient (Wildman–Crippen LogP) is 1.73. The van der Waals surface area contributed by atoms with Gasteiger partial charge in [0.15, 0.2) is 5.78 Å². The predicted molar refractivity (Wildman–Crippen MR) is 56.9 cm³/mol. The number of aliphatic hydroxyl groups is 1. The summed E-state index contributed by atoms with van der Waals surface area (Å²) in [5, 5.41) is 9.45. The molecule has 0 spiro atoms. The molecule has 1 rings (SSSR count). The second-order valence-corrected chi connectivity index (χ2v) is 4.45. The van der Waals surface area contributed by atoms with Gasteiger partial charge in [0.05, 0.1) is 12.1 Å². The third kappa shape index (κ3) is 2.89. The minimum Gasteiger partial charge on any atom is -0.383 e. The van der Waals surface area contributed by atoms with Crippen molar-refractivity contribution < 1.29 is 9.90 Å². The summed E-state index contributed by atoms with van der Waals surface area (Å²) in [6, 6.07) is 3.60. The Hall–Kier alpha value is -0.740. The Labute approximate surface area is 91.3 Å². The van der Waals surface area contributed by atoms with Crippen LogP contribution in [0.1, 0.15) is 19.5 Å². The summed E-state index contributed by atoms with van der Waals surface area (Å²) < 4.78 is 0.789. The monoisotopic (exact) mass is 257 g/mol. The fourth-order valence-electron chi connectivity index (χ4n) is 0.917. The highest BCUT2D eigenvalue weighted by atomic mass is 79.9. The van der Waals surface area contributed by atoms with Gasteiger partial charge < -0.3 is 5.11 Å². The molecular formula is C10H12BrNO2. The third-order valence-electron chi connectivity index (χ3n) is 1.85. The molecule has 0 amide bonds. The van der Waals surface area contributed by atoms with Crippen molar-refractivity contribution in [3.05, 3.63) is 28.5 Å². The Kier molecular flexibility index (Phi) is 3.39. The van der Waals surface area contributed by atoms with Gasteiger partial charge in [0.25, 0.3) is 0 Å². The van der Waals surface area contributed by atoms with Crippen LogP contribution in [0, 0.1) is 0 Å². The van der Waals surface area contributed by atoms with Crippen LogP contribution < -0.4 is 0 Å². The maximum Gasteiger partial charge on any atom is 0.169 e. The molecule has 0 bridgehead atoms. The minimum atomic E-state index is -1.29. The van der Waals surface area contributed by atoms with Crippen molar-refractivity contribution in [3.63, 3.8) is 0 Å². The maximum atomic E-state index is 11.5. The van der Waals surface area contributed by atoms with Gasteiger partial charge in [-0.1, -0.05) is 0 Å². The van der Waals surface area contributed by atoms with Gasteiger partial charge in [-0.15, -0.1) is 0 Å². The van der Waals surface area contributed by atoms with Gasteiger partial charge in [0.2, 0.25) is 0 Å². The van der Waals surface area contributed by atoms with Crippen LogP contribution in [0.5, 0.6) is 0 Å². The van der Waals surface area contributed by atoms with E-state index in [1.807, 2.05) is 6.07 Å². The number of halogens is 1. The molecule has 0 unspecified atom stereocenters. The first kappa shape index (κ1) is 11.3. The van der Waals surface area contributed by atoms with E-state index in [4.69, 9.17) is 0 Å². The lowest BCUT2D eigenvalue weighted by molar-refractivity contribution is -0.133. The lowest BCUT2D eigenvalue weighted by Crippen LogP contribution is -2.32. The Morgan fingerprint density at radius 2 is 2.29 bits per heavy atom. The average molecular weight is 258 g/mol. The lowest BCUT2D eigenvalue weighted by atomic mass is 10.00. The standard InChI is InChI=1S/C10H12BrNO2/c1-10(2,14)9(13)6-8-7(11)4-3-5-12-8/h3-5,14H,6H2,1-2H3. The molecule has 0 aliphatic heterocycles. The molecule has 1 aromatic heterocycles. The van der Waals surface area contributed by atoms with Crippen LogP contribution in [0.2, 0.25) is 0 Å². The normalized spacial score (nSPS) is 11.4. The number of rotatable bonds is 3. The zero-order valence-electron chi connectivity index (χ0n) is 8.12. The molecule has 14 heavy (non-hydrogen) atoms. The third-order valence-corrected chi connectivity index (χ3v) is 2.57. The SMILES string of the molecule is CC(C)(O)C(=O)Cc1ncccc1Br. The van der Waals surface area contributed by atoms with E-state index in [-0.39, 0.29) is 12.2 Å². The molecule has 0 fully saturated rings. The number of hydrogen-bond acceptors (Lipinski definition) is 3. The van der Waals surface area contributed by atoms with Crippen LogP contribution in [-0.2, 0) is 11.2 Å². The van der Waals surface area contributed by atoms with E-state index in [0.29, 0.717) is 5.69 Å². The Bertz CT molecular complexity index is 344. The molecule has 0 aliphatic carbocycles. The first-order chi connectivity index (χ1) is 6.41. The van der Waals surface area contributed by atoms with Crippen LogP contribution in [0.3, 0.4) is 0 Å². The van der Waals surface area contributed by atoms with Crippen molar-refractivity contribution in [1.29, 1.82) is 0 Å². The van der Waals surface area contributed by atoms with Crippen molar-refractivity contribution >= 4 is 21.7 Å². The lowest BCUT2D eigenvalue weighted by Gasteiger charge is -2.15. The summed E-state index contributed by atoms with van der Waals surface area (Å²) in [6.45, 7) is 2.96. The molecule has 0 saturated carbocycles. The first-order valence-corrected chi connectivity index (χ1v) is 5.05. The van der Waals surface area contributed by atoms with E-state index >= 15 is 0 Å². The van der Waals surface area contributed by atoms with Crippen LogP contribution in [0.25, 0.3) is 0 Å². The minimum absolute atomic E-state index is 0.144. The van der Waals surface area contributed by atoms with Crippen LogP contribution in [0.4, 0.5) is 0 Å². The van der Waals surface area contributed by atoms with E-state index < -0.39 is 5.60 Å². The molecule has 76 valence electrons. The summed E-state index contributed by atoms with van der Waals surface area (Å²) in [5.41, 5.74) is -0.642. The van der Waals surface area contributed by atoms with Crippen LogP contribution in [-0.4, -0.2) is 21.5 Å². The number of Topliss-reactive ketones (excluding diaryl/α,β-unsaturated/α-hetero) is 1. The van der Waals surface area contributed by atoms with Crippen molar-refractivity contribution in [2.45, 2.75) is 25.9 Å². The Morgan fingerprint density at radius 3 is 2.79 bits per heavy atom. The second-order valence-electron chi connectivity index (χ2n) is 3.59. The maximum absolute atomic E-state index is 11.5. The van der Waals surface area contributed by atoms with Gasteiger partial charge in [0, 0.05) is 10.7 Å². The number of nitrogens with zero attached hydrogens (tertiary/aromatic N) is 1. The molecule has 1 heterocycles. The number of carbonyl (C=O) groups is 1. The summed E-state index contributed by atoms with van der Waals surface area (Å²) in [5.74, 6) is -0.239. The second kappa shape index (κ2) is 4.19. The summed E-state index contributed by atoms with van der Waals surface area (Å²) in [6.07, 6.45) is 1.77. The molecule has 0 aliphatic rings. The van der Waals surface area contributed by atoms with Gasteiger partial charge in [-0.25, -0.2) is 0 Å². The highest BCUT2D eigenvalue weighted by Gasteiger charge is 2.24. The van der Waals surface area contributed by atoms with Crippen LogP contribution in [0.15, 0.2) is 22.8 Å². The molecule has 1 aromatic rings. The molecule has 1 N–H and O–H groups in total. The summed E-state index contributed by atoms with van der Waals surface area (Å²) in [4.78, 5) is 15.5. The highest BCUT2D eigenvalue weighted by molar-refractivity contribution is 9.10. The Morgan fingerprint density at radius 1 is 1.64 bits per heavy atom. The first-order valence-electron chi connectivity index (χ1n) is 4.26. The van der Waals surface area contributed by atoms with Crippen molar-refractivity contribution in [2.24, 2.45) is 0 Å². The fourth-order valence-corrected chi connectivity index (χ4v) is 1.31. The van der Waals surface area contributed by atoms with Crippen molar-refractivity contribution in [1.82, 2.24) is 4.98 Å². The number of pyridine rings is 1. The molecule has 4 heteroatoms. The number of hydrogen-bond donors (Lipinski definition) is 1. The van der Waals surface area contributed by atoms with Crippen molar-refractivity contribution in [2.75, 3.05) is 0 Å². The smallest absolute Gasteiger partial charge is 0.169 e. The largest absolute Gasteiger partial charge is 0.383 e. The average Bonchev–Trinajstić information content (AvgIpc) is 2.07. The van der Waals surface area contributed by atoms with E-state index in [1.54, 1.807) is 12.3 Å². The van der Waals surface area contributed by atoms with Gasteiger partial charge in [-0.05, 0) is 41.9 Å². The quantitative estimate of drug-likeness (QED) is 0.898. The van der Waals surface area contributed by atoms with Gasteiger partial charge in [0.1, 0.15) is 5.60 Å². The number of carbonyl (C=O) groups excluding carboxylic acids is 1. The molecule has 0 radical (unpaired) electrons. The van der Waals surface area contributed by atoms with E-state index in [9.17, 15) is 9.90 Å². The molecule has 3 nitrogen and oxygen atoms in total. The molecular weight excluding hydrogens is 246 g/mol. The summed E-state index contributed by atoms with van der Waals surface area (Å²) >= 11 is 3.30. The topological polar surface area (TPSA) is 50.2 Å². The number of ketones is 1. The zero-order chi connectivity index (χ0) is 10.8.